The molecule has 0 unspecified atom stereocenters. The van der Waals surface area contributed by atoms with E-state index in [4.69, 9.17) is 0 Å². The van der Waals surface area contributed by atoms with Crippen molar-refractivity contribution >= 4 is 11.5 Å². The number of aryl methyl sites for hydroxylation is 1. The van der Waals surface area contributed by atoms with Crippen molar-refractivity contribution in [1.29, 1.82) is 0 Å². The minimum atomic E-state index is -0.542. The first-order valence-corrected chi connectivity index (χ1v) is 4.55. The second-order valence-corrected chi connectivity index (χ2v) is 3.22. The smallest absolute Gasteiger partial charge is 0.218 e. The maximum atomic E-state index is 12.7. The molecule has 1 aromatic carbocycles. The summed E-state index contributed by atoms with van der Waals surface area (Å²) < 4.78 is 12.7. The Morgan fingerprint density at radius 3 is 2.53 bits per heavy atom. The highest BCUT2D eigenvalue weighted by molar-refractivity contribution is 5.55. The number of hydrogen-bond acceptors (Lipinski definition) is 3. The van der Waals surface area contributed by atoms with E-state index in [1.807, 2.05) is 31.2 Å². The summed E-state index contributed by atoms with van der Waals surface area (Å²) in [6, 6.07) is 9.02. The molecule has 15 heavy (non-hydrogen) atoms. The van der Waals surface area contributed by atoms with Crippen molar-refractivity contribution in [2.45, 2.75) is 6.92 Å². The molecule has 0 radical (unpaired) electrons. The molecule has 0 saturated heterocycles. The number of hydrogen-bond donors (Lipinski definition) is 1. The Kier molecular flexibility index (Phi) is 2.58. The molecule has 0 atom stereocenters. The number of benzene rings is 1. The largest absolute Gasteiger partial charge is 0.340 e. The lowest BCUT2D eigenvalue weighted by Crippen LogP contribution is -1.95. The Labute approximate surface area is 87.0 Å². The van der Waals surface area contributed by atoms with Crippen molar-refractivity contribution < 1.29 is 4.39 Å². The standard InChI is InChI=1S/C11H10FN3/c1-8-2-4-9(5-3-8)15-11-6-10(12)13-7-14-11/h2-7H,1H3,(H,13,14,15). The fourth-order valence-corrected chi connectivity index (χ4v) is 1.19. The zero-order valence-corrected chi connectivity index (χ0v) is 8.24. The topological polar surface area (TPSA) is 37.8 Å². The van der Waals surface area contributed by atoms with Crippen LogP contribution < -0.4 is 5.32 Å². The van der Waals surface area contributed by atoms with Crippen molar-refractivity contribution in [3.63, 3.8) is 0 Å². The van der Waals surface area contributed by atoms with Gasteiger partial charge in [-0.05, 0) is 19.1 Å². The van der Waals surface area contributed by atoms with E-state index >= 15 is 0 Å². The van der Waals surface area contributed by atoms with Gasteiger partial charge in [0, 0.05) is 11.8 Å². The van der Waals surface area contributed by atoms with Crippen molar-refractivity contribution in [2.24, 2.45) is 0 Å². The van der Waals surface area contributed by atoms with E-state index in [9.17, 15) is 4.39 Å². The molecule has 0 aliphatic heterocycles. The summed E-state index contributed by atoms with van der Waals surface area (Å²) in [6.07, 6.45) is 1.19. The molecule has 4 heteroatoms. The highest BCUT2D eigenvalue weighted by Gasteiger charge is 1.97. The predicted molar refractivity (Wildman–Crippen MR) is 56.5 cm³/mol. The molecule has 0 saturated carbocycles. The molecule has 2 aromatic rings. The maximum absolute atomic E-state index is 12.7. The average Bonchev–Trinajstić information content (AvgIpc) is 2.22. The van der Waals surface area contributed by atoms with Crippen LogP contribution in [0.5, 0.6) is 0 Å². The second-order valence-electron chi connectivity index (χ2n) is 3.22. The first-order chi connectivity index (χ1) is 7.24. The molecular formula is C11H10FN3. The number of aromatic nitrogens is 2. The molecule has 3 nitrogen and oxygen atoms in total. The van der Waals surface area contributed by atoms with E-state index in [1.165, 1.54) is 18.0 Å². The Morgan fingerprint density at radius 2 is 1.87 bits per heavy atom. The van der Waals surface area contributed by atoms with Gasteiger partial charge in [0.1, 0.15) is 12.1 Å². The van der Waals surface area contributed by atoms with Gasteiger partial charge in [0.15, 0.2) is 0 Å². The van der Waals surface area contributed by atoms with Gasteiger partial charge in [0.2, 0.25) is 5.95 Å². The Balaban J connectivity index is 2.18. The van der Waals surface area contributed by atoms with Gasteiger partial charge >= 0.3 is 0 Å². The van der Waals surface area contributed by atoms with Gasteiger partial charge in [-0.25, -0.2) is 9.97 Å². The lowest BCUT2D eigenvalue weighted by Gasteiger charge is -2.04. The van der Waals surface area contributed by atoms with Crippen LogP contribution in [0.1, 0.15) is 5.56 Å². The Hall–Kier alpha value is -1.97. The molecular weight excluding hydrogens is 193 g/mol. The minimum Gasteiger partial charge on any atom is -0.340 e. The quantitative estimate of drug-likeness (QED) is 0.762. The van der Waals surface area contributed by atoms with Crippen molar-refractivity contribution in [3.05, 3.63) is 48.2 Å². The van der Waals surface area contributed by atoms with Gasteiger partial charge in [-0.3, -0.25) is 0 Å². The molecule has 1 aromatic heterocycles. The molecule has 1 heterocycles. The van der Waals surface area contributed by atoms with Crippen LogP contribution in [-0.2, 0) is 0 Å². The number of nitrogens with one attached hydrogen (secondary N) is 1. The predicted octanol–water partition coefficient (Wildman–Crippen LogP) is 2.67. The summed E-state index contributed by atoms with van der Waals surface area (Å²) in [4.78, 5) is 7.27. The maximum Gasteiger partial charge on any atom is 0.218 e. The average molecular weight is 203 g/mol. The summed E-state index contributed by atoms with van der Waals surface area (Å²) >= 11 is 0. The van der Waals surface area contributed by atoms with Crippen LogP contribution in [0.25, 0.3) is 0 Å². The highest BCUT2D eigenvalue weighted by Crippen LogP contribution is 2.14. The SMILES string of the molecule is Cc1ccc(Nc2cc(F)ncn2)cc1. The van der Waals surface area contributed by atoms with Gasteiger partial charge in [0.25, 0.3) is 0 Å². The number of rotatable bonds is 2. The van der Waals surface area contributed by atoms with Gasteiger partial charge in [-0.15, -0.1) is 0 Å². The Bertz CT molecular complexity index is 454. The summed E-state index contributed by atoms with van der Waals surface area (Å²) in [5.74, 6) is -0.0917. The molecule has 0 spiro atoms. The van der Waals surface area contributed by atoms with E-state index < -0.39 is 5.95 Å². The first kappa shape index (κ1) is 9.58. The summed E-state index contributed by atoms with van der Waals surface area (Å²) in [5, 5.41) is 2.98. The lowest BCUT2D eigenvalue weighted by molar-refractivity contribution is 0.580. The van der Waals surface area contributed by atoms with Crippen LogP contribution in [0.2, 0.25) is 0 Å². The third-order valence-corrected chi connectivity index (χ3v) is 1.96. The molecule has 1 N–H and O–H groups in total. The first-order valence-electron chi connectivity index (χ1n) is 4.55. The summed E-state index contributed by atoms with van der Waals surface area (Å²) in [6.45, 7) is 2.01. The lowest BCUT2D eigenvalue weighted by atomic mass is 10.2. The van der Waals surface area contributed by atoms with E-state index in [-0.39, 0.29) is 0 Å². The van der Waals surface area contributed by atoms with Gasteiger partial charge < -0.3 is 5.32 Å². The van der Waals surface area contributed by atoms with Crippen LogP contribution in [0.4, 0.5) is 15.9 Å². The zero-order chi connectivity index (χ0) is 10.7. The fourth-order valence-electron chi connectivity index (χ4n) is 1.19. The van der Waals surface area contributed by atoms with E-state index in [1.54, 1.807) is 0 Å². The summed E-state index contributed by atoms with van der Waals surface area (Å²) in [5.41, 5.74) is 2.05. The van der Waals surface area contributed by atoms with E-state index in [0.717, 1.165) is 5.69 Å². The van der Waals surface area contributed by atoms with Crippen LogP contribution >= 0.6 is 0 Å². The van der Waals surface area contributed by atoms with Gasteiger partial charge in [-0.1, -0.05) is 17.7 Å². The van der Waals surface area contributed by atoms with Crippen molar-refractivity contribution in [1.82, 2.24) is 9.97 Å². The monoisotopic (exact) mass is 203 g/mol. The van der Waals surface area contributed by atoms with Gasteiger partial charge in [-0.2, -0.15) is 4.39 Å². The molecule has 0 fully saturated rings. The van der Waals surface area contributed by atoms with Crippen LogP contribution in [0.15, 0.2) is 36.7 Å². The van der Waals surface area contributed by atoms with Crippen molar-refractivity contribution in [2.75, 3.05) is 5.32 Å². The second kappa shape index (κ2) is 4.04. The third-order valence-electron chi connectivity index (χ3n) is 1.96. The van der Waals surface area contributed by atoms with Crippen molar-refractivity contribution in [3.8, 4) is 0 Å². The normalized spacial score (nSPS) is 10.0. The highest BCUT2D eigenvalue weighted by atomic mass is 19.1. The molecule has 0 aliphatic carbocycles. The minimum absolute atomic E-state index is 0.450. The molecule has 0 bridgehead atoms. The number of anilines is 2. The zero-order valence-electron chi connectivity index (χ0n) is 8.24. The molecule has 0 aliphatic rings. The van der Waals surface area contributed by atoms with Crippen LogP contribution in [0, 0.1) is 12.9 Å². The molecule has 0 amide bonds. The third kappa shape index (κ3) is 2.49. The van der Waals surface area contributed by atoms with E-state index in [2.05, 4.69) is 15.3 Å². The van der Waals surface area contributed by atoms with Crippen LogP contribution in [-0.4, -0.2) is 9.97 Å². The number of nitrogens with zero attached hydrogens (tertiary/aromatic N) is 2. The Morgan fingerprint density at radius 1 is 1.13 bits per heavy atom. The van der Waals surface area contributed by atoms with Crippen LogP contribution in [0.3, 0.4) is 0 Å². The number of halogens is 1. The molecule has 2 rings (SSSR count). The summed E-state index contributed by atoms with van der Waals surface area (Å²) in [7, 11) is 0. The molecule has 76 valence electrons. The van der Waals surface area contributed by atoms with E-state index in [0.29, 0.717) is 5.82 Å². The van der Waals surface area contributed by atoms with Gasteiger partial charge in [0.05, 0.1) is 0 Å². The fraction of sp³-hybridized carbons (Fsp3) is 0.0909.